The minimum absolute atomic E-state index is 0.0758. The van der Waals surface area contributed by atoms with Gasteiger partial charge in [-0.15, -0.1) is 0 Å². The van der Waals surface area contributed by atoms with E-state index in [9.17, 15) is 14.4 Å². The zero-order valence-electron chi connectivity index (χ0n) is 44.3. The normalized spacial score (nSPS) is 12.8. The fourth-order valence-corrected chi connectivity index (χ4v) is 7.63. The summed E-state index contributed by atoms with van der Waals surface area (Å²) in [5.74, 6) is -0.893. The first-order valence-electron chi connectivity index (χ1n) is 28.2. The Bertz CT molecular complexity index is 1360. The summed E-state index contributed by atoms with van der Waals surface area (Å²) >= 11 is 0. The van der Waals surface area contributed by atoms with Gasteiger partial charge in [0.25, 0.3) is 0 Å². The van der Waals surface area contributed by atoms with Crippen LogP contribution in [0.3, 0.4) is 0 Å². The molecule has 0 fully saturated rings. The Morgan fingerprint density at radius 2 is 0.574 bits per heavy atom. The van der Waals surface area contributed by atoms with Crippen molar-refractivity contribution < 1.29 is 28.6 Å². The molecule has 6 nitrogen and oxygen atoms in total. The lowest BCUT2D eigenvalue weighted by molar-refractivity contribution is -0.167. The van der Waals surface area contributed by atoms with Crippen molar-refractivity contribution in [1.82, 2.24) is 0 Å². The van der Waals surface area contributed by atoms with Crippen LogP contribution in [0.2, 0.25) is 0 Å². The van der Waals surface area contributed by atoms with Gasteiger partial charge in [-0.25, -0.2) is 0 Å². The molecule has 1 unspecified atom stereocenters. The molecular formula is C62H104O6. The zero-order chi connectivity index (χ0) is 49.3. The molecule has 0 aromatic rings. The van der Waals surface area contributed by atoms with E-state index in [0.29, 0.717) is 19.3 Å². The average Bonchev–Trinajstić information content (AvgIpc) is 3.34. The van der Waals surface area contributed by atoms with Crippen molar-refractivity contribution in [3.63, 3.8) is 0 Å². The van der Waals surface area contributed by atoms with Crippen LogP contribution in [0.1, 0.15) is 258 Å². The minimum atomic E-state index is -0.770. The quantitative estimate of drug-likeness (QED) is 0.0262. The van der Waals surface area contributed by atoms with Crippen molar-refractivity contribution >= 4 is 17.9 Å². The van der Waals surface area contributed by atoms with Gasteiger partial charge in [0.15, 0.2) is 6.10 Å². The van der Waals surface area contributed by atoms with E-state index in [0.717, 1.165) is 109 Å². The Hall–Kier alpha value is -3.67. The van der Waals surface area contributed by atoms with Crippen molar-refractivity contribution in [2.45, 2.75) is 264 Å². The van der Waals surface area contributed by atoms with Crippen molar-refractivity contribution in [2.24, 2.45) is 0 Å². The predicted molar refractivity (Wildman–Crippen MR) is 293 cm³/mol. The number of hydrogen-bond acceptors (Lipinski definition) is 6. The Morgan fingerprint density at radius 3 is 0.897 bits per heavy atom. The molecule has 1 atom stereocenters. The summed E-state index contributed by atoms with van der Waals surface area (Å²) in [6, 6.07) is 0. The van der Waals surface area contributed by atoms with E-state index in [-0.39, 0.29) is 31.1 Å². The van der Waals surface area contributed by atoms with Crippen LogP contribution >= 0.6 is 0 Å². The van der Waals surface area contributed by atoms with Gasteiger partial charge in [-0.2, -0.15) is 0 Å². The highest BCUT2D eigenvalue weighted by atomic mass is 16.6. The summed E-state index contributed by atoms with van der Waals surface area (Å²) in [6.07, 6.45) is 74.5. The first kappa shape index (κ1) is 64.3. The molecule has 0 saturated carbocycles. The highest BCUT2D eigenvalue weighted by Crippen LogP contribution is 2.15. The van der Waals surface area contributed by atoms with Crippen molar-refractivity contribution in [3.8, 4) is 0 Å². The van der Waals surface area contributed by atoms with E-state index in [2.05, 4.69) is 118 Å². The molecule has 0 radical (unpaired) electrons. The van der Waals surface area contributed by atoms with Gasteiger partial charge in [-0.05, 0) is 83.5 Å². The van der Waals surface area contributed by atoms with Gasteiger partial charge >= 0.3 is 17.9 Å². The molecule has 388 valence electrons. The number of ether oxygens (including phenoxy) is 3. The Labute approximate surface area is 419 Å². The van der Waals surface area contributed by atoms with Crippen LogP contribution < -0.4 is 0 Å². The molecule has 68 heavy (non-hydrogen) atoms. The average molecular weight is 946 g/mol. The molecule has 0 heterocycles. The van der Waals surface area contributed by atoms with Crippen LogP contribution in [-0.2, 0) is 28.6 Å². The fraction of sp³-hybridized carbons (Fsp3) is 0.694. The third-order valence-corrected chi connectivity index (χ3v) is 11.9. The van der Waals surface area contributed by atoms with E-state index < -0.39 is 6.10 Å². The van der Waals surface area contributed by atoms with Crippen LogP contribution in [-0.4, -0.2) is 37.2 Å². The van der Waals surface area contributed by atoms with Gasteiger partial charge in [-0.1, -0.05) is 253 Å². The van der Waals surface area contributed by atoms with Crippen molar-refractivity contribution in [2.75, 3.05) is 13.2 Å². The smallest absolute Gasteiger partial charge is 0.306 e. The van der Waals surface area contributed by atoms with Gasteiger partial charge < -0.3 is 14.2 Å². The molecular weight excluding hydrogens is 841 g/mol. The number of hydrogen-bond donors (Lipinski definition) is 0. The van der Waals surface area contributed by atoms with Gasteiger partial charge in [0, 0.05) is 19.3 Å². The standard InChI is InChI=1S/C62H104O6/c1-4-7-10-13-16-18-19-20-21-22-23-24-25-26-27-28-29-30-31-32-33-34-35-36-37-38-39-40-41-42-43-45-46-49-52-55-61(64)67-58-59(57-66-60(63)54-51-48-15-12-9-6-3)68-62(65)56-53-50-47-44-17-14-11-8-5-2/h7,10,16,18,20-21,23-24,26-27,29-30,32-33,35-36,59H,4-6,8-9,11-15,17,19,22,25,28,31,34,37-58H2,1-3H3/b10-7-,18-16-,21-20-,24-23-,27-26-,30-29-,33-32-,36-35-. The second kappa shape index (κ2) is 55.9. The van der Waals surface area contributed by atoms with Crippen LogP contribution in [0.4, 0.5) is 0 Å². The zero-order valence-corrected chi connectivity index (χ0v) is 44.3. The van der Waals surface area contributed by atoms with Crippen LogP contribution in [0.25, 0.3) is 0 Å². The summed E-state index contributed by atoms with van der Waals surface area (Å²) in [6.45, 7) is 6.43. The minimum Gasteiger partial charge on any atom is -0.462 e. The number of allylic oxidation sites excluding steroid dienone is 16. The molecule has 0 saturated heterocycles. The largest absolute Gasteiger partial charge is 0.462 e. The highest BCUT2D eigenvalue weighted by Gasteiger charge is 2.19. The molecule has 6 heteroatoms. The predicted octanol–water partition coefficient (Wildman–Crippen LogP) is 18.9. The molecule has 0 rings (SSSR count). The van der Waals surface area contributed by atoms with Crippen LogP contribution in [0.15, 0.2) is 97.2 Å². The van der Waals surface area contributed by atoms with E-state index in [1.54, 1.807) is 0 Å². The number of unbranched alkanes of at least 4 members (excludes halogenated alkanes) is 23. The maximum Gasteiger partial charge on any atom is 0.306 e. The summed E-state index contributed by atoms with van der Waals surface area (Å²) in [5.41, 5.74) is 0. The highest BCUT2D eigenvalue weighted by molar-refractivity contribution is 5.71. The van der Waals surface area contributed by atoms with E-state index in [4.69, 9.17) is 14.2 Å². The van der Waals surface area contributed by atoms with Gasteiger partial charge in [-0.3, -0.25) is 14.4 Å². The SMILES string of the molecule is CC/C=C\C/C=C\C/C=C\C/C=C\C/C=C\C/C=C\C/C=C\C/C=C\CCCCCCCCCCCCC(=O)OCC(COC(=O)CCCCCCCC)OC(=O)CCCCCCCCCCC. The van der Waals surface area contributed by atoms with E-state index in [1.807, 2.05) is 0 Å². The van der Waals surface area contributed by atoms with Gasteiger partial charge in [0.2, 0.25) is 0 Å². The lowest BCUT2D eigenvalue weighted by atomic mass is 10.1. The molecule has 0 aromatic carbocycles. The summed E-state index contributed by atoms with van der Waals surface area (Å²) in [7, 11) is 0. The lowest BCUT2D eigenvalue weighted by Gasteiger charge is -2.18. The molecule has 0 N–H and O–H groups in total. The molecule has 0 amide bonds. The molecule has 0 aliphatic carbocycles. The third kappa shape index (κ3) is 53.3. The number of carbonyl (C=O) groups excluding carboxylic acids is 3. The molecule has 0 bridgehead atoms. The second-order valence-corrected chi connectivity index (χ2v) is 18.5. The third-order valence-electron chi connectivity index (χ3n) is 11.9. The number of rotatable bonds is 50. The maximum absolute atomic E-state index is 12.7. The molecule has 0 spiro atoms. The van der Waals surface area contributed by atoms with Crippen molar-refractivity contribution in [1.29, 1.82) is 0 Å². The molecule has 0 aromatic heterocycles. The van der Waals surface area contributed by atoms with Crippen molar-refractivity contribution in [3.05, 3.63) is 97.2 Å². The lowest BCUT2D eigenvalue weighted by Crippen LogP contribution is -2.30. The summed E-state index contributed by atoms with van der Waals surface area (Å²) in [5, 5.41) is 0. The number of esters is 3. The van der Waals surface area contributed by atoms with Gasteiger partial charge in [0.05, 0.1) is 0 Å². The molecule has 0 aliphatic rings. The monoisotopic (exact) mass is 945 g/mol. The Balaban J connectivity index is 3.97. The summed E-state index contributed by atoms with van der Waals surface area (Å²) in [4.78, 5) is 37.6. The number of carbonyl (C=O) groups is 3. The van der Waals surface area contributed by atoms with Crippen LogP contribution in [0, 0.1) is 0 Å². The summed E-state index contributed by atoms with van der Waals surface area (Å²) < 4.78 is 16.7. The second-order valence-electron chi connectivity index (χ2n) is 18.5. The van der Waals surface area contributed by atoms with E-state index in [1.165, 1.54) is 109 Å². The van der Waals surface area contributed by atoms with E-state index >= 15 is 0 Å². The topological polar surface area (TPSA) is 78.9 Å². The van der Waals surface area contributed by atoms with Gasteiger partial charge in [0.1, 0.15) is 13.2 Å². The first-order chi connectivity index (χ1) is 33.5. The molecule has 0 aliphatic heterocycles. The fourth-order valence-electron chi connectivity index (χ4n) is 7.63. The maximum atomic E-state index is 12.7. The first-order valence-corrected chi connectivity index (χ1v) is 28.2. The van der Waals surface area contributed by atoms with Crippen LogP contribution in [0.5, 0.6) is 0 Å². The Kier molecular flexibility index (Phi) is 52.9. The Morgan fingerprint density at radius 1 is 0.309 bits per heavy atom.